The number of rotatable bonds is 2. The first-order chi connectivity index (χ1) is 5.09. The molecule has 0 spiro atoms. The molecule has 4 atom stereocenters. The van der Waals surface area contributed by atoms with Gasteiger partial charge < -0.3 is 0 Å². The molecular formula is C3H5FO5PS+. The first-order valence-corrected chi connectivity index (χ1v) is 4.72. The lowest BCUT2D eigenvalue weighted by Crippen LogP contribution is -2.19. The molecule has 1 aliphatic rings. The van der Waals surface area contributed by atoms with E-state index in [1.807, 2.05) is 0 Å². The van der Waals surface area contributed by atoms with E-state index in [1.165, 1.54) is 6.92 Å². The second-order valence-corrected chi connectivity index (χ2v) is 3.22. The van der Waals surface area contributed by atoms with Crippen molar-refractivity contribution in [1.29, 1.82) is 0 Å². The van der Waals surface area contributed by atoms with Crippen molar-refractivity contribution in [2.75, 3.05) is 0 Å². The Balaban J connectivity index is 2.46. The van der Waals surface area contributed by atoms with Gasteiger partial charge in [0, 0.05) is 4.57 Å². The van der Waals surface area contributed by atoms with E-state index in [-0.39, 0.29) is 0 Å². The van der Waals surface area contributed by atoms with Crippen LogP contribution in [0.15, 0.2) is 0 Å². The number of hydrogen-bond donors (Lipinski definition) is 0. The first kappa shape index (κ1) is 9.15. The van der Waals surface area contributed by atoms with Crippen molar-refractivity contribution in [3.05, 3.63) is 0 Å². The van der Waals surface area contributed by atoms with Crippen molar-refractivity contribution in [2.24, 2.45) is 0 Å². The molecular weight excluding hydrogens is 198 g/mol. The third-order valence-electron chi connectivity index (χ3n) is 0.974. The summed E-state index contributed by atoms with van der Waals surface area (Å²) in [5, 5.41) is 0. The average Bonchev–Trinajstić information content (AvgIpc) is 2.09. The summed E-state index contributed by atoms with van der Waals surface area (Å²) in [7, 11) is -3.25. The van der Waals surface area contributed by atoms with Gasteiger partial charge in [0.1, 0.15) is 6.10 Å². The Morgan fingerprint density at radius 3 is 2.64 bits per heavy atom. The largest absolute Gasteiger partial charge is 0.749 e. The van der Waals surface area contributed by atoms with Crippen LogP contribution in [0.3, 0.4) is 0 Å². The van der Waals surface area contributed by atoms with Crippen LogP contribution in [0.4, 0.5) is 4.20 Å². The molecule has 0 amide bonds. The van der Waals surface area contributed by atoms with Crippen molar-refractivity contribution in [1.82, 2.24) is 0 Å². The van der Waals surface area contributed by atoms with Crippen molar-refractivity contribution >= 4 is 19.7 Å². The first-order valence-electron chi connectivity index (χ1n) is 2.65. The maximum absolute atomic E-state index is 11.7. The molecule has 8 heteroatoms. The molecule has 0 saturated carbocycles. The molecule has 11 heavy (non-hydrogen) atoms. The minimum Gasteiger partial charge on any atom is -0.260 e. The lowest BCUT2D eigenvalue weighted by molar-refractivity contribution is -0.00689. The Kier molecular flexibility index (Phi) is 3.03. The van der Waals surface area contributed by atoms with Gasteiger partial charge in [0.25, 0.3) is 6.29 Å². The van der Waals surface area contributed by atoms with Gasteiger partial charge in [-0.2, -0.15) is 4.21 Å². The summed E-state index contributed by atoms with van der Waals surface area (Å²) in [6.07, 6.45) is -1.82. The van der Waals surface area contributed by atoms with Gasteiger partial charge in [-0.25, -0.2) is 4.18 Å². The molecule has 0 aromatic heterocycles. The zero-order valence-corrected chi connectivity index (χ0v) is 7.14. The molecule has 5 nitrogen and oxygen atoms in total. The van der Waals surface area contributed by atoms with E-state index in [9.17, 15) is 13.0 Å². The molecule has 4 unspecified atom stereocenters. The van der Waals surface area contributed by atoms with Gasteiger partial charge in [-0.3, -0.25) is 4.18 Å². The second kappa shape index (κ2) is 3.64. The number of halogens is 1. The van der Waals surface area contributed by atoms with Gasteiger partial charge in [0.05, 0.1) is 4.20 Å². The SMILES string of the molecule is CC1OS(=O)OC1O[P+](=O)F. The summed E-state index contributed by atoms with van der Waals surface area (Å²) < 4.78 is 45.0. The van der Waals surface area contributed by atoms with E-state index in [4.69, 9.17) is 0 Å². The van der Waals surface area contributed by atoms with Gasteiger partial charge >= 0.3 is 19.7 Å². The summed E-state index contributed by atoms with van der Waals surface area (Å²) in [4.78, 5) is 0. The van der Waals surface area contributed by atoms with Gasteiger partial charge in [-0.1, -0.05) is 4.52 Å². The molecule has 1 rings (SSSR count). The molecule has 0 aromatic rings. The standard InChI is InChI=1S/C3H5FO5PS/c1-2-3(7-10(4)5)9-11(6)8-2/h2-3H,1H3/q+1. The van der Waals surface area contributed by atoms with E-state index < -0.39 is 32.1 Å². The predicted molar refractivity (Wildman–Crippen MR) is 33.4 cm³/mol. The van der Waals surface area contributed by atoms with Crippen LogP contribution in [0.25, 0.3) is 0 Å². The second-order valence-electron chi connectivity index (χ2n) is 1.79. The topological polar surface area (TPSA) is 61.8 Å². The van der Waals surface area contributed by atoms with Crippen LogP contribution in [0, 0.1) is 0 Å². The monoisotopic (exact) mass is 203 g/mol. The van der Waals surface area contributed by atoms with Gasteiger partial charge in [0.2, 0.25) is 0 Å². The molecule has 64 valence electrons. The lowest BCUT2D eigenvalue weighted by atomic mass is 10.4. The van der Waals surface area contributed by atoms with E-state index in [0.29, 0.717) is 0 Å². The molecule has 0 N–H and O–H groups in total. The smallest absolute Gasteiger partial charge is 0.260 e. The molecule has 0 aromatic carbocycles. The molecule has 0 radical (unpaired) electrons. The Morgan fingerprint density at radius 2 is 2.27 bits per heavy atom. The quantitative estimate of drug-likeness (QED) is 0.625. The molecule has 1 aliphatic heterocycles. The average molecular weight is 203 g/mol. The van der Waals surface area contributed by atoms with Crippen molar-refractivity contribution in [3.8, 4) is 0 Å². The van der Waals surface area contributed by atoms with Crippen LogP contribution in [-0.2, 0) is 28.8 Å². The van der Waals surface area contributed by atoms with Crippen molar-refractivity contribution < 1.29 is 25.9 Å². The fourth-order valence-corrected chi connectivity index (χ4v) is 1.70. The highest BCUT2D eigenvalue weighted by Gasteiger charge is 2.40. The normalized spacial score (nSPS) is 39.1. The zero-order chi connectivity index (χ0) is 8.43. The van der Waals surface area contributed by atoms with Crippen LogP contribution in [-0.4, -0.2) is 16.6 Å². The summed E-state index contributed by atoms with van der Waals surface area (Å²) in [5.41, 5.74) is 0. The van der Waals surface area contributed by atoms with Crippen molar-refractivity contribution in [3.63, 3.8) is 0 Å². The number of hydrogen-bond acceptors (Lipinski definition) is 5. The molecule has 1 fully saturated rings. The highest BCUT2D eigenvalue weighted by atomic mass is 32.2. The highest BCUT2D eigenvalue weighted by molar-refractivity contribution is 7.75. The zero-order valence-electron chi connectivity index (χ0n) is 5.43. The minimum atomic E-state index is -3.25. The third kappa shape index (κ3) is 2.53. The van der Waals surface area contributed by atoms with E-state index >= 15 is 0 Å². The lowest BCUT2D eigenvalue weighted by Gasteiger charge is -1.99. The predicted octanol–water partition coefficient (Wildman–Crippen LogP) is 0.970. The fourth-order valence-electron chi connectivity index (χ4n) is 0.533. The van der Waals surface area contributed by atoms with E-state index in [0.717, 1.165) is 0 Å². The Hall–Kier alpha value is 0.0600. The summed E-state index contributed by atoms with van der Waals surface area (Å²) in [6, 6.07) is 0. The maximum Gasteiger partial charge on any atom is 0.749 e. The van der Waals surface area contributed by atoms with Crippen LogP contribution >= 0.6 is 8.34 Å². The third-order valence-corrected chi connectivity index (χ3v) is 2.15. The van der Waals surface area contributed by atoms with Crippen LogP contribution in [0.5, 0.6) is 0 Å². The Morgan fingerprint density at radius 1 is 1.64 bits per heavy atom. The fraction of sp³-hybridized carbons (Fsp3) is 1.00. The highest BCUT2D eigenvalue weighted by Crippen LogP contribution is 2.31. The molecule has 0 aliphatic carbocycles. The van der Waals surface area contributed by atoms with E-state index in [2.05, 4.69) is 12.9 Å². The van der Waals surface area contributed by atoms with Crippen LogP contribution in [0.2, 0.25) is 0 Å². The van der Waals surface area contributed by atoms with Gasteiger partial charge in [0.15, 0.2) is 0 Å². The Labute approximate surface area is 65.7 Å². The van der Waals surface area contributed by atoms with E-state index in [1.54, 1.807) is 0 Å². The maximum atomic E-state index is 11.7. The van der Waals surface area contributed by atoms with Crippen LogP contribution in [0.1, 0.15) is 6.92 Å². The summed E-state index contributed by atoms with van der Waals surface area (Å²) in [5.74, 6) is 0. The van der Waals surface area contributed by atoms with Gasteiger partial charge in [-0.05, 0) is 6.92 Å². The Bertz CT molecular complexity index is 198. The molecule has 1 saturated heterocycles. The summed E-state index contributed by atoms with van der Waals surface area (Å²) >= 11 is -1.92. The summed E-state index contributed by atoms with van der Waals surface area (Å²) in [6.45, 7) is 1.47. The van der Waals surface area contributed by atoms with Crippen molar-refractivity contribution in [2.45, 2.75) is 19.3 Å². The molecule has 1 heterocycles. The van der Waals surface area contributed by atoms with Crippen LogP contribution < -0.4 is 0 Å². The molecule has 0 bridgehead atoms. The minimum absolute atomic E-state index is 0.675. The van der Waals surface area contributed by atoms with Gasteiger partial charge in [-0.15, -0.1) is 0 Å².